The predicted molar refractivity (Wildman–Crippen MR) is 67.2 cm³/mol. The number of piperidine rings is 1. The van der Waals surface area contributed by atoms with E-state index in [1.54, 1.807) is 0 Å². The van der Waals surface area contributed by atoms with Gasteiger partial charge >= 0.3 is 0 Å². The van der Waals surface area contributed by atoms with E-state index < -0.39 is 0 Å². The van der Waals surface area contributed by atoms with Crippen LogP contribution in [0.5, 0.6) is 0 Å². The van der Waals surface area contributed by atoms with Crippen molar-refractivity contribution in [2.75, 3.05) is 33.2 Å². The predicted octanol–water partition coefficient (Wildman–Crippen LogP) is 2.50. The molecule has 0 spiro atoms. The molecule has 1 atom stereocenters. The lowest BCUT2D eigenvalue weighted by atomic mass is 9.95. The van der Waals surface area contributed by atoms with Crippen molar-refractivity contribution in [3.05, 3.63) is 0 Å². The summed E-state index contributed by atoms with van der Waals surface area (Å²) in [6.45, 7) is 7.34. The highest BCUT2D eigenvalue weighted by Gasteiger charge is 2.12. The Morgan fingerprint density at radius 2 is 2.07 bits per heavy atom. The zero-order chi connectivity index (χ0) is 10.9. The molecule has 0 aliphatic carbocycles. The first-order valence-electron chi connectivity index (χ1n) is 6.72. The zero-order valence-electron chi connectivity index (χ0n) is 10.6. The summed E-state index contributed by atoms with van der Waals surface area (Å²) in [7, 11) is 2.26. The van der Waals surface area contributed by atoms with Crippen LogP contribution >= 0.6 is 0 Å². The van der Waals surface area contributed by atoms with E-state index in [2.05, 4.69) is 24.2 Å². The van der Waals surface area contributed by atoms with Gasteiger partial charge in [-0.3, -0.25) is 0 Å². The summed E-state index contributed by atoms with van der Waals surface area (Å²) < 4.78 is 0. The lowest BCUT2D eigenvalue weighted by Crippen LogP contribution is -2.30. The van der Waals surface area contributed by atoms with Crippen molar-refractivity contribution in [2.24, 2.45) is 5.92 Å². The first-order valence-corrected chi connectivity index (χ1v) is 6.72. The van der Waals surface area contributed by atoms with E-state index >= 15 is 0 Å². The van der Waals surface area contributed by atoms with Crippen LogP contribution in [0.4, 0.5) is 0 Å². The monoisotopic (exact) mass is 212 g/mol. The highest BCUT2D eigenvalue weighted by molar-refractivity contribution is 4.69. The van der Waals surface area contributed by atoms with E-state index in [0.29, 0.717) is 0 Å². The van der Waals surface area contributed by atoms with Crippen molar-refractivity contribution in [1.82, 2.24) is 10.2 Å². The minimum absolute atomic E-state index is 0.957. The molecule has 0 aromatic rings. The Bertz CT molecular complexity index is 141. The molecule has 1 unspecified atom stereocenters. The van der Waals surface area contributed by atoms with Gasteiger partial charge in [-0.25, -0.2) is 0 Å². The van der Waals surface area contributed by atoms with Crippen molar-refractivity contribution in [2.45, 2.75) is 45.4 Å². The average molecular weight is 212 g/mol. The van der Waals surface area contributed by atoms with Gasteiger partial charge in [-0.2, -0.15) is 0 Å². The molecule has 1 heterocycles. The van der Waals surface area contributed by atoms with Crippen LogP contribution in [0.3, 0.4) is 0 Å². The van der Waals surface area contributed by atoms with Gasteiger partial charge in [0.1, 0.15) is 0 Å². The SMILES string of the molecule is CCCCN(C)CCCC1CCCNC1. The molecule has 1 aliphatic rings. The molecule has 2 heteroatoms. The summed E-state index contributed by atoms with van der Waals surface area (Å²) in [5.41, 5.74) is 0. The zero-order valence-corrected chi connectivity index (χ0v) is 10.6. The fourth-order valence-electron chi connectivity index (χ4n) is 2.36. The molecule has 1 N–H and O–H groups in total. The normalized spacial score (nSPS) is 22.2. The summed E-state index contributed by atoms with van der Waals surface area (Å²) >= 11 is 0. The molecule has 1 saturated heterocycles. The number of nitrogens with one attached hydrogen (secondary N) is 1. The largest absolute Gasteiger partial charge is 0.316 e. The highest BCUT2D eigenvalue weighted by atomic mass is 15.1. The molecular formula is C13H28N2. The first kappa shape index (κ1) is 13.0. The molecule has 2 nitrogen and oxygen atoms in total. The fourth-order valence-corrected chi connectivity index (χ4v) is 2.36. The first-order chi connectivity index (χ1) is 7.33. The molecule has 0 aromatic carbocycles. The topological polar surface area (TPSA) is 15.3 Å². The maximum Gasteiger partial charge on any atom is -0.00205 e. The molecule has 90 valence electrons. The van der Waals surface area contributed by atoms with Crippen molar-refractivity contribution < 1.29 is 0 Å². The Kier molecular flexibility index (Phi) is 7.03. The van der Waals surface area contributed by atoms with Crippen molar-refractivity contribution >= 4 is 0 Å². The third kappa shape index (κ3) is 6.16. The van der Waals surface area contributed by atoms with E-state index in [4.69, 9.17) is 0 Å². The van der Waals surface area contributed by atoms with Gasteiger partial charge < -0.3 is 10.2 Å². The van der Waals surface area contributed by atoms with E-state index in [0.717, 1.165) is 5.92 Å². The van der Waals surface area contributed by atoms with Gasteiger partial charge in [-0.05, 0) is 71.2 Å². The maximum absolute atomic E-state index is 3.49. The van der Waals surface area contributed by atoms with Gasteiger partial charge in [0, 0.05) is 0 Å². The molecule has 1 fully saturated rings. The lowest BCUT2D eigenvalue weighted by molar-refractivity contribution is 0.289. The number of hydrogen-bond acceptors (Lipinski definition) is 2. The Morgan fingerprint density at radius 1 is 1.27 bits per heavy atom. The van der Waals surface area contributed by atoms with Crippen LogP contribution in [0, 0.1) is 5.92 Å². The van der Waals surface area contributed by atoms with Gasteiger partial charge in [0.2, 0.25) is 0 Å². The van der Waals surface area contributed by atoms with E-state index in [1.165, 1.54) is 64.7 Å². The average Bonchev–Trinajstić information content (AvgIpc) is 2.28. The molecule has 1 aliphatic heterocycles. The minimum Gasteiger partial charge on any atom is -0.316 e. The van der Waals surface area contributed by atoms with Crippen LogP contribution in [0.25, 0.3) is 0 Å². The Hall–Kier alpha value is -0.0800. The van der Waals surface area contributed by atoms with E-state index in [-0.39, 0.29) is 0 Å². The summed E-state index contributed by atoms with van der Waals surface area (Å²) in [5, 5.41) is 3.49. The summed E-state index contributed by atoms with van der Waals surface area (Å²) in [4.78, 5) is 2.49. The number of rotatable bonds is 7. The van der Waals surface area contributed by atoms with Crippen LogP contribution in [-0.4, -0.2) is 38.1 Å². The maximum atomic E-state index is 3.49. The van der Waals surface area contributed by atoms with Gasteiger partial charge in [0.05, 0.1) is 0 Å². The molecule has 0 radical (unpaired) electrons. The van der Waals surface area contributed by atoms with Crippen LogP contribution in [0.2, 0.25) is 0 Å². The van der Waals surface area contributed by atoms with Crippen molar-refractivity contribution in [3.63, 3.8) is 0 Å². The van der Waals surface area contributed by atoms with Crippen LogP contribution in [-0.2, 0) is 0 Å². The van der Waals surface area contributed by atoms with Gasteiger partial charge in [-0.15, -0.1) is 0 Å². The van der Waals surface area contributed by atoms with Crippen molar-refractivity contribution in [1.29, 1.82) is 0 Å². The fraction of sp³-hybridized carbons (Fsp3) is 1.00. The molecule has 0 saturated carbocycles. The third-order valence-corrected chi connectivity index (χ3v) is 3.44. The number of unbranched alkanes of at least 4 members (excludes halogenated alkanes) is 1. The third-order valence-electron chi connectivity index (χ3n) is 3.44. The van der Waals surface area contributed by atoms with E-state index in [9.17, 15) is 0 Å². The van der Waals surface area contributed by atoms with Crippen LogP contribution in [0.15, 0.2) is 0 Å². The number of hydrogen-bond donors (Lipinski definition) is 1. The van der Waals surface area contributed by atoms with Gasteiger partial charge in [0.25, 0.3) is 0 Å². The Morgan fingerprint density at radius 3 is 2.73 bits per heavy atom. The van der Waals surface area contributed by atoms with Crippen molar-refractivity contribution in [3.8, 4) is 0 Å². The molecule has 0 amide bonds. The number of nitrogens with zero attached hydrogens (tertiary/aromatic N) is 1. The van der Waals surface area contributed by atoms with Gasteiger partial charge in [0.15, 0.2) is 0 Å². The quantitative estimate of drug-likeness (QED) is 0.697. The highest BCUT2D eigenvalue weighted by Crippen LogP contribution is 2.15. The summed E-state index contributed by atoms with van der Waals surface area (Å²) in [6.07, 6.45) is 8.30. The molecule has 15 heavy (non-hydrogen) atoms. The smallest absolute Gasteiger partial charge is 0.00205 e. The molecule has 0 aromatic heterocycles. The second-order valence-corrected chi connectivity index (χ2v) is 5.01. The Balaban J connectivity index is 1.94. The second kappa shape index (κ2) is 8.12. The Labute approximate surface area is 95.4 Å². The summed E-state index contributed by atoms with van der Waals surface area (Å²) in [5.74, 6) is 0.957. The molecular weight excluding hydrogens is 184 g/mol. The standard InChI is InChI=1S/C13H28N2/c1-3-4-10-15(2)11-6-8-13-7-5-9-14-12-13/h13-14H,3-12H2,1-2H3. The minimum atomic E-state index is 0.957. The summed E-state index contributed by atoms with van der Waals surface area (Å²) in [6, 6.07) is 0. The molecule has 0 bridgehead atoms. The lowest BCUT2D eigenvalue weighted by Gasteiger charge is -2.23. The van der Waals surface area contributed by atoms with E-state index in [1.807, 2.05) is 0 Å². The second-order valence-electron chi connectivity index (χ2n) is 5.01. The molecule has 1 rings (SSSR count). The van der Waals surface area contributed by atoms with Crippen LogP contribution in [0.1, 0.15) is 45.4 Å². The van der Waals surface area contributed by atoms with Gasteiger partial charge in [-0.1, -0.05) is 13.3 Å². The van der Waals surface area contributed by atoms with Crippen LogP contribution < -0.4 is 5.32 Å².